The van der Waals surface area contributed by atoms with Gasteiger partial charge in [0.2, 0.25) is 0 Å². The molecule has 0 spiro atoms. The van der Waals surface area contributed by atoms with Gasteiger partial charge in [0.15, 0.2) is 11.4 Å². The molecule has 0 atom stereocenters. The molecule has 0 aliphatic carbocycles. The summed E-state index contributed by atoms with van der Waals surface area (Å²) in [6.45, 7) is 3.40. The van der Waals surface area contributed by atoms with Crippen LogP contribution in [-0.2, 0) is 6.54 Å². The van der Waals surface area contributed by atoms with Gasteiger partial charge in [-0.15, -0.1) is 0 Å². The van der Waals surface area contributed by atoms with Crippen LogP contribution in [0.25, 0.3) is 0 Å². The van der Waals surface area contributed by atoms with E-state index in [0.717, 1.165) is 18.7 Å². The van der Waals surface area contributed by atoms with Crippen LogP contribution < -0.4 is 15.6 Å². The second-order valence-electron chi connectivity index (χ2n) is 9.05. The summed E-state index contributed by atoms with van der Waals surface area (Å²) in [6, 6.07) is 26.1. The van der Waals surface area contributed by atoms with E-state index in [0.29, 0.717) is 42.4 Å². The fraction of sp³-hybridized carbons (Fsp3) is 0.207. The first kappa shape index (κ1) is 24.3. The van der Waals surface area contributed by atoms with Crippen molar-refractivity contribution in [2.45, 2.75) is 6.54 Å². The molecule has 8 nitrogen and oxygen atoms in total. The van der Waals surface area contributed by atoms with Gasteiger partial charge in [-0.05, 0) is 42.9 Å². The lowest BCUT2D eigenvalue weighted by atomic mass is 10.1. The van der Waals surface area contributed by atoms with E-state index in [9.17, 15) is 9.59 Å². The fourth-order valence-electron chi connectivity index (χ4n) is 4.22. The third-order valence-electron chi connectivity index (χ3n) is 6.32. The fourth-order valence-corrected chi connectivity index (χ4v) is 4.22. The Morgan fingerprint density at radius 2 is 1.62 bits per heavy atom. The Morgan fingerprint density at radius 1 is 0.919 bits per heavy atom. The molecule has 1 aromatic heterocycles. The Balaban J connectivity index is 1.45. The average Bonchev–Trinajstić information content (AvgIpc) is 2.93. The Bertz CT molecular complexity index is 1410. The van der Waals surface area contributed by atoms with Gasteiger partial charge in [0, 0.05) is 37.4 Å². The minimum atomic E-state index is -0.326. The van der Waals surface area contributed by atoms with Crippen molar-refractivity contribution < 1.29 is 9.53 Å². The number of hydrogen-bond acceptors (Lipinski definition) is 6. The third kappa shape index (κ3) is 5.87. The van der Waals surface area contributed by atoms with Gasteiger partial charge in [0.05, 0.1) is 12.7 Å². The monoisotopic (exact) mass is 495 g/mol. The molecule has 1 fully saturated rings. The molecule has 0 radical (unpaired) electrons. The summed E-state index contributed by atoms with van der Waals surface area (Å²) >= 11 is 0. The minimum Gasteiger partial charge on any atom is -0.453 e. The lowest BCUT2D eigenvalue weighted by Crippen LogP contribution is -2.47. The van der Waals surface area contributed by atoms with E-state index in [1.807, 2.05) is 77.7 Å². The predicted molar refractivity (Wildman–Crippen MR) is 144 cm³/mol. The van der Waals surface area contributed by atoms with Gasteiger partial charge in [-0.3, -0.25) is 9.59 Å². The highest BCUT2D eigenvalue weighted by atomic mass is 16.5. The Labute approximate surface area is 215 Å². The Morgan fingerprint density at radius 3 is 2.35 bits per heavy atom. The molecule has 1 amide bonds. The first-order valence-corrected chi connectivity index (χ1v) is 12.3. The molecule has 188 valence electrons. The Kier molecular flexibility index (Phi) is 7.28. The van der Waals surface area contributed by atoms with E-state index < -0.39 is 0 Å². The van der Waals surface area contributed by atoms with E-state index >= 15 is 0 Å². The molecular weight excluding hydrogens is 466 g/mol. The number of carbonyl (C=O) groups is 1. The standard InChI is InChI=1S/C29H29N5O3/c1-32-15-17-33(18-16-32)28(35)23-11-8-12-24(19-23)31-27-26(37-25-13-6-3-7-14-25)20-30-34(29(27)36)21-22-9-4-2-5-10-22/h2-14,19-20,31H,15-18,21H2,1H3. The number of likely N-dealkylation sites (N-methyl/N-ethyl adjacent to an activating group) is 1. The van der Waals surface area contributed by atoms with Gasteiger partial charge in [0.25, 0.3) is 11.5 Å². The van der Waals surface area contributed by atoms with Crippen LogP contribution in [0.5, 0.6) is 11.5 Å². The molecule has 37 heavy (non-hydrogen) atoms. The smallest absolute Gasteiger partial charge is 0.294 e. The molecule has 2 heterocycles. The van der Waals surface area contributed by atoms with Crippen LogP contribution in [0.2, 0.25) is 0 Å². The average molecular weight is 496 g/mol. The van der Waals surface area contributed by atoms with Crippen LogP contribution >= 0.6 is 0 Å². The van der Waals surface area contributed by atoms with Crippen molar-refractivity contribution in [2.24, 2.45) is 0 Å². The van der Waals surface area contributed by atoms with Crippen LogP contribution in [0, 0.1) is 0 Å². The zero-order valence-corrected chi connectivity index (χ0v) is 20.7. The molecule has 0 unspecified atom stereocenters. The normalized spacial score (nSPS) is 13.8. The van der Waals surface area contributed by atoms with Crippen LogP contribution in [-0.4, -0.2) is 58.7 Å². The summed E-state index contributed by atoms with van der Waals surface area (Å²) < 4.78 is 7.43. The SMILES string of the molecule is CN1CCN(C(=O)c2cccc(Nc3c(Oc4ccccc4)cnn(Cc4ccccc4)c3=O)c2)CC1. The number of piperazine rings is 1. The van der Waals surface area contributed by atoms with Crippen molar-refractivity contribution in [3.63, 3.8) is 0 Å². The number of hydrogen-bond donors (Lipinski definition) is 1. The number of carbonyl (C=O) groups excluding carboxylic acids is 1. The van der Waals surface area contributed by atoms with Gasteiger partial charge in [-0.1, -0.05) is 54.6 Å². The topological polar surface area (TPSA) is 79.7 Å². The van der Waals surface area contributed by atoms with Crippen molar-refractivity contribution in [1.82, 2.24) is 19.6 Å². The summed E-state index contributed by atoms with van der Waals surface area (Å²) in [5.41, 5.74) is 2.07. The molecule has 8 heteroatoms. The van der Waals surface area contributed by atoms with Crippen LogP contribution in [0.4, 0.5) is 11.4 Å². The van der Waals surface area contributed by atoms with Crippen LogP contribution in [0.15, 0.2) is 95.9 Å². The predicted octanol–water partition coefficient (Wildman–Crippen LogP) is 4.22. The highest BCUT2D eigenvalue weighted by Crippen LogP contribution is 2.29. The summed E-state index contributed by atoms with van der Waals surface area (Å²) in [6.07, 6.45) is 1.54. The number of para-hydroxylation sites is 1. The number of anilines is 2. The number of aromatic nitrogens is 2. The van der Waals surface area contributed by atoms with Crippen molar-refractivity contribution in [3.05, 3.63) is 113 Å². The van der Waals surface area contributed by atoms with Crippen molar-refractivity contribution >= 4 is 17.3 Å². The molecular formula is C29H29N5O3. The van der Waals surface area contributed by atoms with Crippen LogP contribution in [0.1, 0.15) is 15.9 Å². The van der Waals surface area contributed by atoms with Gasteiger partial charge in [-0.25, -0.2) is 4.68 Å². The number of benzene rings is 3. The molecule has 1 aliphatic heterocycles. The zero-order chi connectivity index (χ0) is 25.6. The molecule has 1 saturated heterocycles. The van der Waals surface area contributed by atoms with E-state index in [2.05, 4.69) is 22.4 Å². The molecule has 0 saturated carbocycles. The molecule has 1 aliphatic rings. The number of rotatable bonds is 7. The summed E-state index contributed by atoms with van der Waals surface area (Å²) in [7, 11) is 2.06. The maximum absolute atomic E-state index is 13.6. The van der Waals surface area contributed by atoms with E-state index in [-0.39, 0.29) is 17.2 Å². The van der Waals surface area contributed by atoms with Crippen molar-refractivity contribution in [1.29, 1.82) is 0 Å². The highest BCUT2D eigenvalue weighted by Gasteiger charge is 2.21. The molecule has 4 aromatic rings. The van der Waals surface area contributed by atoms with Gasteiger partial charge in [-0.2, -0.15) is 5.10 Å². The molecule has 3 aromatic carbocycles. The quantitative estimate of drug-likeness (QED) is 0.414. The lowest BCUT2D eigenvalue weighted by Gasteiger charge is -2.32. The highest BCUT2D eigenvalue weighted by molar-refractivity contribution is 5.95. The van der Waals surface area contributed by atoms with Gasteiger partial charge < -0.3 is 19.9 Å². The molecule has 5 rings (SSSR count). The largest absolute Gasteiger partial charge is 0.453 e. The van der Waals surface area contributed by atoms with E-state index in [1.54, 1.807) is 18.3 Å². The second-order valence-corrected chi connectivity index (χ2v) is 9.05. The maximum Gasteiger partial charge on any atom is 0.294 e. The minimum absolute atomic E-state index is 0.0197. The summed E-state index contributed by atoms with van der Waals surface area (Å²) in [4.78, 5) is 30.8. The maximum atomic E-state index is 13.6. The number of ether oxygens (including phenoxy) is 1. The third-order valence-corrected chi connectivity index (χ3v) is 6.32. The summed E-state index contributed by atoms with van der Waals surface area (Å²) in [5, 5.41) is 7.57. The first-order chi connectivity index (χ1) is 18.1. The number of amides is 1. The van der Waals surface area contributed by atoms with E-state index in [1.165, 1.54) is 4.68 Å². The number of nitrogens with zero attached hydrogens (tertiary/aromatic N) is 4. The lowest BCUT2D eigenvalue weighted by molar-refractivity contribution is 0.0664. The van der Waals surface area contributed by atoms with Gasteiger partial charge in [0.1, 0.15) is 5.75 Å². The second kappa shape index (κ2) is 11.1. The number of nitrogens with one attached hydrogen (secondary N) is 1. The van der Waals surface area contributed by atoms with E-state index in [4.69, 9.17) is 4.74 Å². The first-order valence-electron chi connectivity index (χ1n) is 12.3. The molecule has 0 bridgehead atoms. The van der Waals surface area contributed by atoms with Gasteiger partial charge >= 0.3 is 0 Å². The summed E-state index contributed by atoms with van der Waals surface area (Å²) in [5.74, 6) is 0.872. The Hall–Kier alpha value is -4.43. The molecule has 1 N–H and O–H groups in total. The zero-order valence-electron chi connectivity index (χ0n) is 20.7. The van der Waals surface area contributed by atoms with Crippen molar-refractivity contribution in [3.8, 4) is 11.5 Å². The van der Waals surface area contributed by atoms with Crippen LogP contribution in [0.3, 0.4) is 0 Å². The van der Waals surface area contributed by atoms with Crippen molar-refractivity contribution in [2.75, 3.05) is 38.5 Å².